The van der Waals surface area contributed by atoms with Gasteiger partial charge in [-0.3, -0.25) is 0 Å². The molecule has 0 aromatic heterocycles. The molecule has 0 amide bonds. The molecule has 0 heterocycles. The fourth-order valence-electron chi connectivity index (χ4n) is 3.29. The summed E-state index contributed by atoms with van der Waals surface area (Å²) in [6, 6.07) is 28.3. The molecule has 0 aliphatic carbocycles. The Morgan fingerprint density at radius 2 is 1.30 bits per heavy atom. The van der Waals surface area contributed by atoms with Gasteiger partial charge in [-0.2, -0.15) is 0 Å². The molecule has 27 heavy (non-hydrogen) atoms. The van der Waals surface area contributed by atoms with E-state index in [-0.39, 0.29) is 0 Å². The van der Waals surface area contributed by atoms with Crippen LogP contribution in [-0.2, 0) is 12.8 Å². The smallest absolute Gasteiger partial charge is 0.118 e. The van der Waals surface area contributed by atoms with Gasteiger partial charge in [-0.1, -0.05) is 84.9 Å². The van der Waals surface area contributed by atoms with E-state index in [0.717, 1.165) is 22.4 Å². The van der Waals surface area contributed by atoms with Crippen LogP contribution in [0.25, 0.3) is 6.08 Å². The van der Waals surface area contributed by atoms with Crippen LogP contribution in [0.15, 0.2) is 91.0 Å². The lowest BCUT2D eigenvalue weighted by atomic mass is 9.85. The van der Waals surface area contributed by atoms with Gasteiger partial charge in [-0.15, -0.1) is 0 Å². The lowest BCUT2D eigenvalue weighted by Crippen LogP contribution is -2.33. The second kappa shape index (κ2) is 9.20. The van der Waals surface area contributed by atoms with Gasteiger partial charge in [0.25, 0.3) is 0 Å². The van der Waals surface area contributed by atoms with E-state index < -0.39 is 5.60 Å². The molecule has 0 atom stereocenters. The molecule has 2 heteroatoms. The maximum Gasteiger partial charge on any atom is 0.118 e. The molecule has 0 unspecified atom stereocenters. The molecule has 0 fully saturated rings. The Labute approximate surface area is 161 Å². The normalized spacial score (nSPS) is 11.6. The molecule has 1 N–H and O–H groups in total. The summed E-state index contributed by atoms with van der Waals surface area (Å²) in [6.45, 7) is 0. The lowest BCUT2D eigenvalue weighted by Gasteiger charge is -2.27. The Hall–Kier alpha value is -2.84. The first-order valence-electron chi connectivity index (χ1n) is 9.28. The van der Waals surface area contributed by atoms with E-state index in [9.17, 15) is 5.11 Å². The van der Waals surface area contributed by atoms with Crippen LogP contribution in [0.1, 0.15) is 23.1 Å². The molecule has 138 valence electrons. The molecule has 2 nitrogen and oxygen atoms in total. The first-order chi connectivity index (χ1) is 13.2. The summed E-state index contributed by atoms with van der Waals surface area (Å²) in [5.41, 5.74) is 2.56. The second-order valence-electron chi connectivity index (χ2n) is 6.93. The summed E-state index contributed by atoms with van der Waals surface area (Å²) in [4.78, 5) is 0. The zero-order valence-corrected chi connectivity index (χ0v) is 15.7. The number of methoxy groups -OCH3 is 1. The van der Waals surface area contributed by atoms with E-state index in [1.807, 2.05) is 60.7 Å². The minimum Gasteiger partial charge on any atom is -0.497 e. The van der Waals surface area contributed by atoms with Crippen molar-refractivity contribution in [3.05, 3.63) is 108 Å². The average molecular weight is 358 g/mol. The first kappa shape index (κ1) is 18.9. The van der Waals surface area contributed by atoms with E-state index in [2.05, 4.69) is 36.4 Å². The zero-order chi connectivity index (χ0) is 19.0. The van der Waals surface area contributed by atoms with Gasteiger partial charge in [0.15, 0.2) is 0 Å². The molecule has 0 radical (unpaired) electrons. The minimum absolute atomic E-state index is 0.586. The van der Waals surface area contributed by atoms with Crippen LogP contribution < -0.4 is 4.74 Å². The standard InChI is InChI=1S/C25H26O2/c1-27-24-16-14-21(15-17-24)13-8-18-25(26,19-22-9-4-2-5-10-22)20-23-11-6-3-7-12-23/h2-17,26H,18-20H2,1H3/b13-8+. The summed E-state index contributed by atoms with van der Waals surface area (Å²) in [5.74, 6) is 0.844. The Morgan fingerprint density at radius 1 is 0.778 bits per heavy atom. The molecule has 3 aromatic rings. The van der Waals surface area contributed by atoms with Gasteiger partial charge in [-0.25, -0.2) is 0 Å². The lowest BCUT2D eigenvalue weighted by molar-refractivity contribution is 0.0440. The topological polar surface area (TPSA) is 29.5 Å². The number of hydrogen-bond acceptors (Lipinski definition) is 2. The van der Waals surface area contributed by atoms with Gasteiger partial charge in [0.1, 0.15) is 5.75 Å². The van der Waals surface area contributed by atoms with Crippen molar-refractivity contribution >= 4 is 6.08 Å². The molecule has 0 aliphatic heterocycles. The third-order valence-electron chi connectivity index (χ3n) is 4.68. The highest BCUT2D eigenvalue weighted by molar-refractivity contribution is 5.50. The highest BCUT2D eigenvalue weighted by atomic mass is 16.5. The number of ether oxygens (including phenoxy) is 1. The monoisotopic (exact) mass is 358 g/mol. The largest absolute Gasteiger partial charge is 0.497 e. The number of benzene rings is 3. The van der Waals surface area contributed by atoms with Crippen molar-refractivity contribution in [3.63, 3.8) is 0 Å². The van der Waals surface area contributed by atoms with E-state index in [1.165, 1.54) is 0 Å². The second-order valence-corrected chi connectivity index (χ2v) is 6.93. The van der Waals surface area contributed by atoms with Crippen LogP contribution in [0.3, 0.4) is 0 Å². The van der Waals surface area contributed by atoms with Crippen LogP contribution in [0.4, 0.5) is 0 Å². The van der Waals surface area contributed by atoms with Gasteiger partial charge < -0.3 is 9.84 Å². The van der Waals surface area contributed by atoms with Crippen LogP contribution in [-0.4, -0.2) is 17.8 Å². The van der Waals surface area contributed by atoms with Crippen molar-refractivity contribution in [2.75, 3.05) is 7.11 Å². The fourth-order valence-corrected chi connectivity index (χ4v) is 3.29. The van der Waals surface area contributed by atoms with Crippen LogP contribution >= 0.6 is 0 Å². The highest BCUT2D eigenvalue weighted by Gasteiger charge is 2.26. The van der Waals surface area contributed by atoms with E-state index in [0.29, 0.717) is 19.3 Å². The van der Waals surface area contributed by atoms with Crippen molar-refractivity contribution in [1.82, 2.24) is 0 Å². The van der Waals surface area contributed by atoms with Crippen molar-refractivity contribution in [2.24, 2.45) is 0 Å². The number of aliphatic hydroxyl groups is 1. The summed E-state index contributed by atoms with van der Waals surface area (Å²) in [5, 5.41) is 11.4. The Morgan fingerprint density at radius 3 is 1.78 bits per heavy atom. The maximum atomic E-state index is 11.4. The zero-order valence-electron chi connectivity index (χ0n) is 15.7. The van der Waals surface area contributed by atoms with Crippen molar-refractivity contribution < 1.29 is 9.84 Å². The maximum absolute atomic E-state index is 11.4. The van der Waals surface area contributed by atoms with Gasteiger partial charge in [0.2, 0.25) is 0 Å². The third-order valence-corrected chi connectivity index (χ3v) is 4.68. The summed E-state index contributed by atoms with van der Waals surface area (Å²) in [7, 11) is 1.66. The predicted octanol–water partition coefficient (Wildman–Crippen LogP) is 5.32. The number of rotatable bonds is 8. The van der Waals surface area contributed by atoms with Gasteiger partial charge >= 0.3 is 0 Å². The van der Waals surface area contributed by atoms with E-state index in [4.69, 9.17) is 4.74 Å². The van der Waals surface area contributed by atoms with Crippen LogP contribution in [0.2, 0.25) is 0 Å². The molecule has 3 aromatic carbocycles. The van der Waals surface area contributed by atoms with Crippen molar-refractivity contribution in [2.45, 2.75) is 24.9 Å². The van der Waals surface area contributed by atoms with Crippen molar-refractivity contribution in [3.8, 4) is 5.75 Å². The Kier molecular flexibility index (Phi) is 6.45. The minimum atomic E-state index is -0.828. The van der Waals surface area contributed by atoms with Crippen LogP contribution in [0, 0.1) is 0 Å². The third kappa shape index (κ3) is 5.83. The first-order valence-corrected chi connectivity index (χ1v) is 9.28. The molecule has 0 aliphatic rings. The Bertz CT molecular complexity index is 795. The number of hydrogen-bond donors (Lipinski definition) is 1. The quantitative estimate of drug-likeness (QED) is 0.591. The highest BCUT2D eigenvalue weighted by Crippen LogP contribution is 2.24. The summed E-state index contributed by atoms with van der Waals surface area (Å²) < 4.78 is 5.20. The molecule has 0 saturated carbocycles. The van der Waals surface area contributed by atoms with Crippen molar-refractivity contribution in [1.29, 1.82) is 0 Å². The van der Waals surface area contributed by atoms with E-state index >= 15 is 0 Å². The molecular weight excluding hydrogens is 332 g/mol. The Balaban J connectivity index is 1.74. The van der Waals surface area contributed by atoms with E-state index in [1.54, 1.807) is 7.11 Å². The predicted molar refractivity (Wildman–Crippen MR) is 112 cm³/mol. The molecular formula is C25H26O2. The molecule has 0 bridgehead atoms. The summed E-state index contributed by atoms with van der Waals surface area (Å²) in [6.07, 6.45) is 5.95. The molecule has 0 spiro atoms. The molecule has 0 saturated heterocycles. The average Bonchev–Trinajstić information content (AvgIpc) is 2.70. The van der Waals surface area contributed by atoms with Crippen LogP contribution in [0.5, 0.6) is 5.75 Å². The fraction of sp³-hybridized carbons (Fsp3) is 0.200. The SMILES string of the molecule is COc1ccc(/C=C/CC(O)(Cc2ccccc2)Cc2ccccc2)cc1. The summed E-state index contributed by atoms with van der Waals surface area (Å²) >= 11 is 0. The molecule has 3 rings (SSSR count). The van der Waals surface area contributed by atoms with Gasteiger partial charge in [0, 0.05) is 12.8 Å². The van der Waals surface area contributed by atoms with Gasteiger partial charge in [-0.05, 0) is 35.2 Å². The van der Waals surface area contributed by atoms with Gasteiger partial charge in [0.05, 0.1) is 12.7 Å².